The number of ether oxygens (including phenoxy) is 3. The van der Waals surface area contributed by atoms with Crippen LogP contribution in [0.1, 0.15) is 25.3 Å². The zero-order valence-electron chi connectivity index (χ0n) is 12.3. The quantitative estimate of drug-likeness (QED) is 0.861. The molecule has 1 aliphatic rings. The summed E-state index contributed by atoms with van der Waals surface area (Å²) in [4.78, 5) is 0. The molecule has 0 spiro atoms. The van der Waals surface area contributed by atoms with Crippen molar-refractivity contribution < 1.29 is 14.2 Å². The van der Waals surface area contributed by atoms with Crippen molar-refractivity contribution in [1.82, 2.24) is 5.32 Å². The third-order valence-electron chi connectivity index (χ3n) is 3.62. The van der Waals surface area contributed by atoms with Crippen LogP contribution in [0, 0.1) is 0 Å². The monoisotopic (exact) mass is 343 g/mol. The summed E-state index contributed by atoms with van der Waals surface area (Å²) in [5.41, 5.74) is 1.13. The van der Waals surface area contributed by atoms with Gasteiger partial charge in [0.05, 0.1) is 24.3 Å². The molecule has 1 fully saturated rings. The van der Waals surface area contributed by atoms with E-state index in [0.29, 0.717) is 0 Å². The summed E-state index contributed by atoms with van der Waals surface area (Å²) in [7, 11) is 3.29. The van der Waals surface area contributed by atoms with Gasteiger partial charge >= 0.3 is 0 Å². The van der Waals surface area contributed by atoms with Crippen LogP contribution in [0.2, 0.25) is 0 Å². The van der Waals surface area contributed by atoms with Crippen LogP contribution in [-0.2, 0) is 11.3 Å². The molecule has 0 radical (unpaired) electrons. The van der Waals surface area contributed by atoms with Gasteiger partial charge in [0.15, 0.2) is 11.5 Å². The first-order valence-electron chi connectivity index (χ1n) is 6.83. The molecule has 1 aliphatic heterocycles. The summed E-state index contributed by atoms with van der Waals surface area (Å²) in [6.45, 7) is 4.68. The second-order valence-corrected chi connectivity index (χ2v) is 6.17. The lowest BCUT2D eigenvalue weighted by Gasteiger charge is -2.23. The lowest BCUT2D eigenvalue weighted by Crippen LogP contribution is -2.36. The summed E-state index contributed by atoms with van der Waals surface area (Å²) >= 11 is 3.51. The molecule has 0 saturated carbocycles. The van der Waals surface area contributed by atoms with Gasteiger partial charge in [-0.05, 0) is 53.4 Å². The zero-order valence-corrected chi connectivity index (χ0v) is 13.9. The average molecular weight is 344 g/mol. The lowest BCUT2D eigenvalue weighted by atomic mass is 10.0. The predicted octanol–water partition coefficient (Wildman–Crippen LogP) is 3.13. The molecular weight excluding hydrogens is 322 g/mol. The van der Waals surface area contributed by atoms with E-state index in [-0.39, 0.29) is 5.60 Å². The zero-order chi connectivity index (χ0) is 14.6. The molecule has 1 heterocycles. The fourth-order valence-electron chi connectivity index (χ4n) is 2.52. The topological polar surface area (TPSA) is 39.7 Å². The fraction of sp³-hybridized carbons (Fsp3) is 0.600. The van der Waals surface area contributed by atoms with E-state index in [9.17, 15) is 0 Å². The molecule has 4 nitrogen and oxygen atoms in total. The van der Waals surface area contributed by atoms with Crippen molar-refractivity contribution in [3.63, 3.8) is 0 Å². The molecule has 1 atom stereocenters. The highest BCUT2D eigenvalue weighted by atomic mass is 79.9. The molecule has 0 aliphatic carbocycles. The largest absolute Gasteiger partial charge is 0.493 e. The number of nitrogens with one attached hydrogen (secondary N) is 1. The maximum atomic E-state index is 5.77. The third-order valence-corrected chi connectivity index (χ3v) is 4.21. The number of benzene rings is 1. The minimum atomic E-state index is -0.0201. The SMILES string of the molecule is COc1cc(CNCC2(C)CCCO2)cc(Br)c1OC. The van der Waals surface area contributed by atoms with Crippen LogP contribution < -0.4 is 14.8 Å². The first-order chi connectivity index (χ1) is 9.58. The van der Waals surface area contributed by atoms with Gasteiger partial charge in [0.25, 0.3) is 0 Å². The van der Waals surface area contributed by atoms with Crippen molar-refractivity contribution in [2.45, 2.75) is 31.9 Å². The summed E-state index contributed by atoms with van der Waals surface area (Å²) in [6.07, 6.45) is 2.27. The minimum Gasteiger partial charge on any atom is -0.493 e. The van der Waals surface area contributed by atoms with E-state index in [1.165, 1.54) is 0 Å². The Morgan fingerprint density at radius 3 is 2.75 bits per heavy atom. The Labute approximate surface area is 128 Å². The van der Waals surface area contributed by atoms with Crippen molar-refractivity contribution in [1.29, 1.82) is 0 Å². The summed E-state index contributed by atoms with van der Waals surface area (Å²) in [5.74, 6) is 1.46. The highest BCUT2D eigenvalue weighted by Gasteiger charge is 2.29. The maximum Gasteiger partial charge on any atom is 0.174 e. The molecule has 20 heavy (non-hydrogen) atoms. The van der Waals surface area contributed by atoms with Gasteiger partial charge in [-0.1, -0.05) is 0 Å². The van der Waals surface area contributed by atoms with E-state index in [4.69, 9.17) is 14.2 Å². The van der Waals surface area contributed by atoms with E-state index in [1.54, 1.807) is 14.2 Å². The molecule has 112 valence electrons. The number of methoxy groups -OCH3 is 2. The number of halogens is 1. The van der Waals surface area contributed by atoms with Crippen molar-refractivity contribution in [2.75, 3.05) is 27.4 Å². The molecule has 1 N–H and O–H groups in total. The van der Waals surface area contributed by atoms with Gasteiger partial charge in [0.2, 0.25) is 0 Å². The van der Waals surface area contributed by atoms with Crippen molar-refractivity contribution >= 4 is 15.9 Å². The van der Waals surface area contributed by atoms with Crippen LogP contribution in [0.3, 0.4) is 0 Å². The Morgan fingerprint density at radius 2 is 2.15 bits per heavy atom. The predicted molar refractivity (Wildman–Crippen MR) is 82.5 cm³/mol. The molecule has 1 aromatic rings. The van der Waals surface area contributed by atoms with Crippen LogP contribution in [0.25, 0.3) is 0 Å². The number of rotatable bonds is 6. The highest BCUT2D eigenvalue weighted by molar-refractivity contribution is 9.10. The summed E-state index contributed by atoms with van der Waals surface area (Å²) in [5, 5.41) is 3.46. The van der Waals surface area contributed by atoms with Gasteiger partial charge in [-0.2, -0.15) is 0 Å². The van der Waals surface area contributed by atoms with Gasteiger partial charge in [-0.3, -0.25) is 0 Å². The normalized spacial score (nSPS) is 22.0. The van der Waals surface area contributed by atoms with Crippen LogP contribution in [0.4, 0.5) is 0 Å². The molecule has 1 saturated heterocycles. The minimum absolute atomic E-state index is 0.0201. The Morgan fingerprint density at radius 1 is 1.35 bits per heavy atom. The maximum absolute atomic E-state index is 5.77. The van der Waals surface area contributed by atoms with Crippen LogP contribution >= 0.6 is 15.9 Å². The van der Waals surface area contributed by atoms with E-state index < -0.39 is 0 Å². The second-order valence-electron chi connectivity index (χ2n) is 5.32. The Balaban J connectivity index is 1.97. The molecule has 0 bridgehead atoms. The van der Waals surface area contributed by atoms with E-state index in [1.807, 2.05) is 12.1 Å². The highest BCUT2D eigenvalue weighted by Crippen LogP contribution is 2.36. The molecule has 1 unspecified atom stereocenters. The smallest absolute Gasteiger partial charge is 0.174 e. The van der Waals surface area contributed by atoms with Gasteiger partial charge in [0, 0.05) is 19.7 Å². The van der Waals surface area contributed by atoms with E-state index in [2.05, 4.69) is 28.2 Å². The number of hydrogen-bond acceptors (Lipinski definition) is 4. The number of hydrogen-bond donors (Lipinski definition) is 1. The third kappa shape index (κ3) is 3.65. The van der Waals surface area contributed by atoms with Crippen LogP contribution in [0.15, 0.2) is 16.6 Å². The standard InChI is InChI=1S/C15H22BrNO3/c1-15(5-4-6-20-15)10-17-9-11-7-12(16)14(19-3)13(8-11)18-2/h7-8,17H,4-6,9-10H2,1-3H3. The fourth-order valence-corrected chi connectivity index (χ4v) is 3.17. The van der Waals surface area contributed by atoms with Crippen molar-refractivity contribution in [2.24, 2.45) is 0 Å². The van der Waals surface area contributed by atoms with Crippen LogP contribution in [-0.4, -0.2) is 33.0 Å². The van der Waals surface area contributed by atoms with E-state index in [0.717, 1.165) is 54.1 Å². The lowest BCUT2D eigenvalue weighted by molar-refractivity contribution is 0.0207. The van der Waals surface area contributed by atoms with Gasteiger partial charge in [-0.25, -0.2) is 0 Å². The summed E-state index contributed by atoms with van der Waals surface area (Å²) < 4.78 is 17.3. The molecule has 0 aromatic heterocycles. The van der Waals surface area contributed by atoms with Gasteiger partial charge < -0.3 is 19.5 Å². The molecule has 5 heteroatoms. The molecular formula is C15H22BrNO3. The second kappa shape index (κ2) is 6.78. The van der Waals surface area contributed by atoms with Gasteiger partial charge in [0.1, 0.15) is 0 Å². The van der Waals surface area contributed by atoms with Crippen molar-refractivity contribution in [3.05, 3.63) is 22.2 Å². The van der Waals surface area contributed by atoms with Gasteiger partial charge in [-0.15, -0.1) is 0 Å². The van der Waals surface area contributed by atoms with E-state index >= 15 is 0 Å². The summed E-state index contributed by atoms with van der Waals surface area (Å²) in [6, 6.07) is 4.04. The Kier molecular flexibility index (Phi) is 5.29. The molecule has 2 rings (SSSR count). The Hall–Kier alpha value is -0.780. The first-order valence-corrected chi connectivity index (χ1v) is 7.62. The first kappa shape index (κ1) is 15.6. The average Bonchev–Trinajstić information content (AvgIpc) is 2.85. The molecule has 0 amide bonds. The van der Waals surface area contributed by atoms with Crippen molar-refractivity contribution in [3.8, 4) is 11.5 Å². The van der Waals surface area contributed by atoms with Crippen LogP contribution in [0.5, 0.6) is 11.5 Å². The Bertz CT molecular complexity index is 459. The molecule has 1 aromatic carbocycles.